The predicted octanol–water partition coefficient (Wildman–Crippen LogP) is 1.59. The average Bonchev–Trinajstić information content (AvgIpc) is 2.90. The summed E-state index contributed by atoms with van der Waals surface area (Å²) in [5.74, 6) is 0.0467. The third-order valence-electron chi connectivity index (χ3n) is 3.20. The quantitative estimate of drug-likeness (QED) is 0.863. The van der Waals surface area contributed by atoms with Gasteiger partial charge in [-0.1, -0.05) is 12.1 Å². The number of amides is 1. The Balaban J connectivity index is 2.18. The zero-order valence-corrected chi connectivity index (χ0v) is 10.3. The molecule has 1 amide bonds. The highest BCUT2D eigenvalue weighted by molar-refractivity contribution is 5.99. The highest BCUT2D eigenvalue weighted by atomic mass is 16.5. The molecule has 2 rings (SSSR count). The number of anilines is 1. The van der Waals surface area contributed by atoms with Crippen LogP contribution in [0.1, 0.15) is 16.8 Å². The zero-order chi connectivity index (χ0) is 12.3. The zero-order valence-electron chi connectivity index (χ0n) is 10.3. The molecule has 0 saturated carbocycles. The lowest BCUT2D eigenvalue weighted by Crippen LogP contribution is -2.37. The summed E-state index contributed by atoms with van der Waals surface area (Å²) in [4.78, 5) is 14.1. The van der Waals surface area contributed by atoms with Crippen LogP contribution in [0.3, 0.4) is 0 Å². The number of hydrogen-bond donors (Lipinski definition) is 1. The number of nitrogens with zero attached hydrogens (tertiary/aromatic N) is 1. The molecule has 1 aromatic rings. The van der Waals surface area contributed by atoms with Gasteiger partial charge in [-0.05, 0) is 18.6 Å². The van der Waals surface area contributed by atoms with Crippen LogP contribution in [0.5, 0.6) is 0 Å². The first-order valence-corrected chi connectivity index (χ1v) is 5.85. The lowest BCUT2D eigenvalue weighted by molar-refractivity contribution is 0.0712. The van der Waals surface area contributed by atoms with Crippen molar-refractivity contribution in [1.29, 1.82) is 0 Å². The van der Waals surface area contributed by atoms with Gasteiger partial charge in [-0.2, -0.15) is 0 Å². The van der Waals surface area contributed by atoms with Crippen molar-refractivity contribution >= 4 is 11.6 Å². The van der Waals surface area contributed by atoms with Gasteiger partial charge in [0.1, 0.15) is 0 Å². The molecule has 0 bridgehead atoms. The standard InChI is InChI=1S/C13H18N2O2/c1-14-12-6-4-3-5-11(12)13(16)15(2)10-7-8-17-9-10/h3-6,10,14H,7-9H2,1-2H3. The molecule has 17 heavy (non-hydrogen) atoms. The van der Waals surface area contributed by atoms with Crippen LogP contribution >= 0.6 is 0 Å². The molecule has 1 saturated heterocycles. The summed E-state index contributed by atoms with van der Waals surface area (Å²) in [7, 11) is 3.67. The van der Waals surface area contributed by atoms with Crippen LogP contribution in [-0.4, -0.2) is 44.2 Å². The summed E-state index contributed by atoms with van der Waals surface area (Å²) >= 11 is 0. The summed E-state index contributed by atoms with van der Waals surface area (Å²) < 4.78 is 5.31. The second-order valence-corrected chi connectivity index (χ2v) is 4.23. The van der Waals surface area contributed by atoms with E-state index in [9.17, 15) is 4.79 Å². The summed E-state index contributed by atoms with van der Waals surface area (Å²) in [6.45, 7) is 1.39. The van der Waals surface area contributed by atoms with E-state index in [1.165, 1.54) is 0 Å². The van der Waals surface area contributed by atoms with E-state index in [2.05, 4.69) is 5.32 Å². The maximum Gasteiger partial charge on any atom is 0.256 e. The molecule has 0 radical (unpaired) electrons. The molecule has 92 valence electrons. The number of para-hydroxylation sites is 1. The first-order chi connectivity index (χ1) is 8.24. The number of likely N-dealkylation sites (N-methyl/N-ethyl adjacent to an activating group) is 1. The number of ether oxygens (including phenoxy) is 1. The molecular weight excluding hydrogens is 216 g/mol. The van der Waals surface area contributed by atoms with E-state index in [0.717, 1.165) is 18.7 Å². The van der Waals surface area contributed by atoms with Gasteiger partial charge in [-0.25, -0.2) is 0 Å². The van der Waals surface area contributed by atoms with Crippen LogP contribution in [0.15, 0.2) is 24.3 Å². The second kappa shape index (κ2) is 5.19. The first kappa shape index (κ1) is 11.9. The molecule has 4 heteroatoms. The fraction of sp³-hybridized carbons (Fsp3) is 0.462. The fourth-order valence-electron chi connectivity index (χ4n) is 2.07. The van der Waals surface area contributed by atoms with Gasteiger partial charge in [0.2, 0.25) is 0 Å². The van der Waals surface area contributed by atoms with Crippen LogP contribution in [0.4, 0.5) is 5.69 Å². The summed E-state index contributed by atoms with van der Waals surface area (Å²) in [5, 5.41) is 3.04. The van der Waals surface area contributed by atoms with Crippen molar-refractivity contribution in [2.75, 3.05) is 32.6 Å². The molecule has 4 nitrogen and oxygen atoms in total. The number of benzene rings is 1. The van der Waals surface area contributed by atoms with Gasteiger partial charge in [0.05, 0.1) is 18.2 Å². The molecule has 1 fully saturated rings. The Bertz CT molecular complexity index is 400. The van der Waals surface area contributed by atoms with Crippen molar-refractivity contribution in [2.24, 2.45) is 0 Å². The first-order valence-electron chi connectivity index (χ1n) is 5.85. The SMILES string of the molecule is CNc1ccccc1C(=O)N(C)C1CCOC1. The van der Waals surface area contributed by atoms with Crippen LogP contribution in [0, 0.1) is 0 Å². The second-order valence-electron chi connectivity index (χ2n) is 4.23. The number of rotatable bonds is 3. The van der Waals surface area contributed by atoms with Crippen molar-refractivity contribution in [1.82, 2.24) is 4.90 Å². The van der Waals surface area contributed by atoms with Crippen LogP contribution in [-0.2, 0) is 4.74 Å². The molecule has 1 N–H and O–H groups in total. The Morgan fingerprint density at radius 2 is 2.24 bits per heavy atom. The smallest absolute Gasteiger partial charge is 0.256 e. The molecule has 0 aromatic heterocycles. The van der Waals surface area contributed by atoms with E-state index >= 15 is 0 Å². The third-order valence-corrected chi connectivity index (χ3v) is 3.20. The maximum absolute atomic E-state index is 12.3. The Morgan fingerprint density at radius 3 is 2.88 bits per heavy atom. The van der Waals surface area contributed by atoms with E-state index in [-0.39, 0.29) is 11.9 Å². The topological polar surface area (TPSA) is 41.6 Å². The Kier molecular flexibility index (Phi) is 3.64. The normalized spacial score (nSPS) is 19.1. The van der Waals surface area contributed by atoms with Gasteiger partial charge in [-0.15, -0.1) is 0 Å². The predicted molar refractivity (Wildman–Crippen MR) is 67.3 cm³/mol. The minimum absolute atomic E-state index is 0.0467. The Morgan fingerprint density at radius 1 is 1.47 bits per heavy atom. The Hall–Kier alpha value is -1.55. The van der Waals surface area contributed by atoms with E-state index in [4.69, 9.17) is 4.74 Å². The maximum atomic E-state index is 12.3. The van der Waals surface area contributed by atoms with Crippen LogP contribution in [0.25, 0.3) is 0 Å². The Labute approximate surface area is 102 Å². The minimum atomic E-state index is 0.0467. The molecule has 1 aliphatic heterocycles. The van der Waals surface area contributed by atoms with Crippen molar-refractivity contribution < 1.29 is 9.53 Å². The lowest BCUT2D eigenvalue weighted by Gasteiger charge is -2.24. The van der Waals surface area contributed by atoms with Crippen molar-refractivity contribution in [3.05, 3.63) is 29.8 Å². The number of hydrogen-bond acceptors (Lipinski definition) is 3. The molecule has 1 unspecified atom stereocenters. The third kappa shape index (κ3) is 2.42. The monoisotopic (exact) mass is 234 g/mol. The lowest BCUT2D eigenvalue weighted by atomic mass is 10.1. The molecular formula is C13H18N2O2. The van der Waals surface area contributed by atoms with Crippen molar-refractivity contribution in [3.63, 3.8) is 0 Å². The van der Waals surface area contributed by atoms with E-state index in [0.29, 0.717) is 12.2 Å². The number of carbonyl (C=O) groups is 1. The van der Waals surface area contributed by atoms with Gasteiger partial charge in [-0.3, -0.25) is 4.79 Å². The highest BCUT2D eigenvalue weighted by Gasteiger charge is 2.25. The molecule has 0 aliphatic carbocycles. The summed E-state index contributed by atoms with van der Waals surface area (Å²) in [5.41, 5.74) is 1.58. The molecule has 1 heterocycles. The average molecular weight is 234 g/mol. The van der Waals surface area contributed by atoms with Gasteiger partial charge in [0.25, 0.3) is 5.91 Å². The fourth-order valence-corrected chi connectivity index (χ4v) is 2.07. The van der Waals surface area contributed by atoms with Crippen molar-refractivity contribution in [2.45, 2.75) is 12.5 Å². The summed E-state index contributed by atoms with van der Waals surface area (Å²) in [6, 6.07) is 7.76. The van der Waals surface area contributed by atoms with Crippen LogP contribution < -0.4 is 5.32 Å². The number of nitrogens with one attached hydrogen (secondary N) is 1. The molecule has 1 aliphatic rings. The van der Waals surface area contributed by atoms with Gasteiger partial charge in [0, 0.05) is 26.4 Å². The largest absolute Gasteiger partial charge is 0.387 e. The van der Waals surface area contributed by atoms with Crippen molar-refractivity contribution in [3.8, 4) is 0 Å². The van der Waals surface area contributed by atoms with E-state index in [1.54, 1.807) is 4.90 Å². The van der Waals surface area contributed by atoms with Gasteiger partial charge < -0.3 is 15.0 Å². The number of carbonyl (C=O) groups excluding carboxylic acids is 1. The molecule has 1 aromatic carbocycles. The van der Waals surface area contributed by atoms with Gasteiger partial charge in [0.15, 0.2) is 0 Å². The molecule has 0 spiro atoms. The van der Waals surface area contributed by atoms with Crippen LogP contribution in [0.2, 0.25) is 0 Å². The van der Waals surface area contributed by atoms with E-state index in [1.807, 2.05) is 38.4 Å². The highest BCUT2D eigenvalue weighted by Crippen LogP contribution is 2.19. The minimum Gasteiger partial charge on any atom is -0.387 e. The van der Waals surface area contributed by atoms with Gasteiger partial charge >= 0.3 is 0 Å². The molecule has 1 atom stereocenters. The van der Waals surface area contributed by atoms with E-state index < -0.39 is 0 Å². The summed E-state index contributed by atoms with van der Waals surface area (Å²) in [6.07, 6.45) is 0.921.